The SMILES string of the molecule is CN(C)c1ccc2c(c1)C(CN)N(C1CC1)C2. The van der Waals surface area contributed by atoms with E-state index in [1.54, 1.807) is 0 Å². The fourth-order valence-corrected chi connectivity index (χ4v) is 2.85. The van der Waals surface area contributed by atoms with E-state index in [0.29, 0.717) is 6.04 Å². The van der Waals surface area contributed by atoms with Gasteiger partial charge in [0.05, 0.1) is 0 Å². The smallest absolute Gasteiger partial charge is 0.0480 e. The highest BCUT2D eigenvalue weighted by Gasteiger charge is 2.39. The average Bonchev–Trinajstić information content (AvgIpc) is 3.09. The Morgan fingerprint density at radius 3 is 2.71 bits per heavy atom. The lowest BCUT2D eigenvalue weighted by Gasteiger charge is -2.23. The third-order valence-corrected chi connectivity index (χ3v) is 4.00. The van der Waals surface area contributed by atoms with E-state index in [-0.39, 0.29) is 0 Å². The number of hydrogen-bond acceptors (Lipinski definition) is 3. The van der Waals surface area contributed by atoms with Crippen LogP contribution in [0.15, 0.2) is 18.2 Å². The summed E-state index contributed by atoms with van der Waals surface area (Å²) in [6.45, 7) is 1.83. The molecule has 1 fully saturated rings. The lowest BCUT2D eigenvalue weighted by atomic mass is 10.0. The van der Waals surface area contributed by atoms with Crippen LogP contribution in [0.5, 0.6) is 0 Å². The molecule has 1 aliphatic carbocycles. The standard InChI is InChI=1S/C14H21N3/c1-16(2)12-4-3-10-9-17(11-5-6-11)14(8-15)13(10)7-12/h3-4,7,11,14H,5-6,8-9,15H2,1-2H3. The highest BCUT2D eigenvalue weighted by Crippen LogP contribution is 2.42. The van der Waals surface area contributed by atoms with Crippen molar-refractivity contribution in [3.63, 3.8) is 0 Å². The van der Waals surface area contributed by atoms with Gasteiger partial charge in [-0.15, -0.1) is 0 Å². The van der Waals surface area contributed by atoms with Crippen LogP contribution in [0.25, 0.3) is 0 Å². The summed E-state index contributed by atoms with van der Waals surface area (Å²) < 4.78 is 0. The Morgan fingerprint density at radius 1 is 1.35 bits per heavy atom. The molecule has 1 aliphatic heterocycles. The van der Waals surface area contributed by atoms with Crippen LogP contribution < -0.4 is 10.6 Å². The van der Waals surface area contributed by atoms with Gasteiger partial charge in [0.15, 0.2) is 0 Å². The second kappa shape index (κ2) is 4.00. The van der Waals surface area contributed by atoms with Crippen molar-refractivity contribution < 1.29 is 0 Å². The molecule has 3 nitrogen and oxygen atoms in total. The third kappa shape index (κ3) is 1.83. The summed E-state index contributed by atoms with van der Waals surface area (Å²) in [5.41, 5.74) is 10.2. The zero-order valence-electron chi connectivity index (χ0n) is 10.7. The van der Waals surface area contributed by atoms with Crippen LogP contribution in [-0.4, -0.2) is 31.6 Å². The van der Waals surface area contributed by atoms with Gasteiger partial charge in [-0.3, -0.25) is 4.90 Å². The number of benzene rings is 1. The fourth-order valence-electron chi connectivity index (χ4n) is 2.85. The van der Waals surface area contributed by atoms with Crippen LogP contribution in [0.2, 0.25) is 0 Å². The molecule has 1 atom stereocenters. The Labute approximate surface area is 103 Å². The zero-order valence-corrected chi connectivity index (χ0v) is 10.7. The maximum Gasteiger partial charge on any atom is 0.0480 e. The Morgan fingerprint density at radius 2 is 2.12 bits per heavy atom. The molecule has 0 amide bonds. The number of fused-ring (bicyclic) bond motifs is 1. The molecule has 0 spiro atoms. The first-order valence-electron chi connectivity index (χ1n) is 6.46. The van der Waals surface area contributed by atoms with Crippen molar-refractivity contribution in [2.45, 2.75) is 31.5 Å². The molecule has 0 saturated heterocycles. The van der Waals surface area contributed by atoms with Gasteiger partial charge in [-0.05, 0) is 36.1 Å². The van der Waals surface area contributed by atoms with Gasteiger partial charge in [0.2, 0.25) is 0 Å². The van der Waals surface area contributed by atoms with Crippen LogP contribution >= 0.6 is 0 Å². The van der Waals surface area contributed by atoms with E-state index in [1.807, 2.05) is 0 Å². The maximum absolute atomic E-state index is 5.98. The van der Waals surface area contributed by atoms with E-state index >= 15 is 0 Å². The second-order valence-corrected chi connectivity index (χ2v) is 5.43. The van der Waals surface area contributed by atoms with E-state index in [1.165, 1.54) is 29.7 Å². The van der Waals surface area contributed by atoms with E-state index in [4.69, 9.17) is 5.73 Å². The van der Waals surface area contributed by atoms with Crippen LogP contribution in [0, 0.1) is 0 Å². The number of nitrogens with zero attached hydrogens (tertiary/aromatic N) is 2. The minimum atomic E-state index is 0.442. The summed E-state index contributed by atoms with van der Waals surface area (Å²) in [6, 6.07) is 8.03. The molecule has 0 aromatic heterocycles. The quantitative estimate of drug-likeness (QED) is 0.860. The lowest BCUT2D eigenvalue weighted by Crippen LogP contribution is -2.29. The normalized spacial score (nSPS) is 23.8. The third-order valence-electron chi connectivity index (χ3n) is 4.00. The molecule has 0 bridgehead atoms. The molecule has 1 heterocycles. The highest BCUT2D eigenvalue weighted by atomic mass is 15.2. The number of hydrogen-bond donors (Lipinski definition) is 1. The van der Waals surface area contributed by atoms with E-state index in [0.717, 1.165) is 19.1 Å². The number of rotatable bonds is 3. The van der Waals surface area contributed by atoms with Gasteiger partial charge >= 0.3 is 0 Å². The molecule has 0 radical (unpaired) electrons. The molecule has 17 heavy (non-hydrogen) atoms. The fraction of sp³-hybridized carbons (Fsp3) is 0.571. The van der Waals surface area contributed by atoms with Gasteiger partial charge in [-0.1, -0.05) is 6.07 Å². The zero-order chi connectivity index (χ0) is 12.0. The predicted molar refractivity (Wildman–Crippen MR) is 71.1 cm³/mol. The topological polar surface area (TPSA) is 32.5 Å². The van der Waals surface area contributed by atoms with Crippen LogP contribution in [0.3, 0.4) is 0 Å². The molecule has 3 rings (SSSR count). The molecule has 1 aromatic carbocycles. The Kier molecular flexibility index (Phi) is 2.60. The minimum Gasteiger partial charge on any atom is -0.378 e. The van der Waals surface area contributed by atoms with E-state index < -0.39 is 0 Å². The summed E-state index contributed by atoms with van der Waals surface area (Å²) in [5, 5.41) is 0. The molecule has 2 N–H and O–H groups in total. The molecule has 92 valence electrons. The summed E-state index contributed by atoms with van der Waals surface area (Å²) in [6.07, 6.45) is 2.70. The van der Waals surface area contributed by atoms with Gasteiger partial charge in [0, 0.05) is 45.0 Å². The average molecular weight is 231 g/mol. The van der Waals surface area contributed by atoms with Crippen molar-refractivity contribution in [3.05, 3.63) is 29.3 Å². The Balaban J connectivity index is 1.95. The maximum atomic E-state index is 5.98. The summed E-state index contributed by atoms with van der Waals surface area (Å²) >= 11 is 0. The van der Waals surface area contributed by atoms with Crippen molar-refractivity contribution in [1.82, 2.24) is 4.90 Å². The van der Waals surface area contributed by atoms with Crippen molar-refractivity contribution in [1.29, 1.82) is 0 Å². The van der Waals surface area contributed by atoms with Crippen LogP contribution in [-0.2, 0) is 6.54 Å². The molecular formula is C14H21N3. The predicted octanol–water partition coefficient (Wildman–Crippen LogP) is 1.73. The Bertz CT molecular complexity index is 423. The van der Waals surface area contributed by atoms with Gasteiger partial charge < -0.3 is 10.6 Å². The van der Waals surface area contributed by atoms with Gasteiger partial charge in [-0.2, -0.15) is 0 Å². The van der Waals surface area contributed by atoms with Gasteiger partial charge in [-0.25, -0.2) is 0 Å². The van der Waals surface area contributed by atoms with Crippen LogP contribution in [0.1, 0.15) is 30.0 Å². The molecule has 1 saturated carbocycles. The highest BCUT2D eigenvalue weighted by molar-refractivity contribution is 5.52. The molecule has 1 unspecified atom stereocenters. The summed E-state index contributed by atoms with van der Waals surface area (Å²) in [4.78, 5) is 4.75. The first kappa shape index (κ1) is 11.1. The number of nitrogens with two attached hydrogens (primary N) is 1. The first-order chi connectivity index (χ1) is 8.20. The second-order valence-electron chi connectivity index (χ2n) is 5.43. The molecule has 2 aliphatic rings. The number of anilines is 1. The molecular weight excluding hydrogens is 210 g/mol. The van der Waals surface area contributed by atoms with Crippen LogP contribution in [0.4, 0.5) is 5.69 Å². The van der Waals surface area contributed by atoms with Gasteiger partial charge in [0.1, 0.15) is 0 Å². The van der Waals surface area contributed by atoms with Crippen molar-refractivity contribution in [2.24, 2.45) is 5.73 Å². The van der Waals surface area contributed by atoms with Crippen molar-refractivity contribution >= 4 is 5.69 Å². The van der Waals surface area contributed by atoms with E-state index in [2.05, 4.69) is 42.1 Å². The van der Waals surface area contributed by atoms with E-state index in [9.17, 15) is 0 Å². The van der Waals surface area contributed by atoms with Gasteiger partial charge in [0.25, 0.3) is 0 Å². The first-order valence-corrected chi connectivity index (χ1v) is 6.46. The minimum absolute atomic E-state index is 0.442. The molecule has 1 aromatic rings. The van der Waals surface area contributed by atoms with Crippen molar-refractivity contribution in [3.8, 4) is 0 Å². The largest absolute Gasteiger partial charge is 0.378 e. The monoisotopic (exact) mass is 231 g/mol. The molecule has 3 heteroatoms. The van der Waals surface area contributed by atoms with Crippen molar-refractivity contribution in [2.75, 3.05) is 25.5 Å². The lowest BCUT2D eigenvalue weighted by molar-refractivity contribution is 0.209. The Hall–Kier alpha value is -1.06. The summed E-state index contributed by atoms with van der Waals surface area (Å²) in [7, 11) is 4.18. The summed E-state index contributed by atoms with van der Waals surface area (Å²) in [5.74, 6) is 0.